The van der Waals surface area contributed by atoms with Gasteiger partial charge in [-0.25, -0.2) is 0 Å². The van der Waals surface area contributed by atoms with Crippen LogP contribution in [0.2, 0.25) is 0 Å². The summed E-state index contributed by atoms with van der Waals surface area (Å²) in [6, 6.07) is 12.6. The van der Waals surface area contributed by atoms with Gasteiger partial charge in [-0.05, 0) is 69.8 Å². The van der Waals surface area contributed by atoms with Crippen LogP contribution in [0, 0.1) is 5.92 Å². The molecule has 172 valence electrons. The Labute approximate surface area is 202 Å². The number of hydrazine groups is 1. The molecule has 7 nitrogen and oxygen atoms in total. The van der Waals surface area contributed by atoms with Crippen LogP contribution in [0.3, 0.4) is 0 Å². The maximum atomic E-state index is 12.4. The predicted molar refractivity (Wildman–Crippen MR) is 132 cm³/mol. The molecule has 0 aliphatic heterocycles. The second-order valence-corrected chi connectivity index (χ2v) is 9.05. The fourth-order valence-corrected chi connectivity index (χ4v) is 3.25. The second-order valence-electron chi connectivity index (χ2n) is 7.79. The topological polar surface area (TPSA) is 88.7 Å². The minimum atomic E-state index is -0.436. The smallest absolute Gasteiger partial charge is 0.276 e. The van der Waals surface area contributed by atoms with Crippen LogP contribution in [-0.2, 0) is 4.79 Å². The van der Waals surface area contributed by atoms with E-state index in [9.17, 15) is 9.59 Å². The number of rotatable bonds is 8. The fourth-order valence-electron chi connectivity index (χ4n) is 2.62. The molecule has 0 aromatic heterocycles. The summed E-state index contributed by atoms with van der Waals surface area (Å²) >= 11 is 8.48. The monoisotopic (exact) mass is 521 g/mol. The molecule has 2 aromatic carbocycles. The SMILES string of the molecule is CC(C)COc1ccc(C(=O)NC(=S)NNC(=O)COc2ccccc2C(C)C)cc1Br. The molecule has 0 spiro atoms. The van der Waals surface area contributed by atoms with Gasteiger partial charge in [0.15, 0.2) is 11.7 Å². The summed E-state index contributed by atoms with van der Waals surface area (Å²) < 4.78 is 11.9. The minimum absolute atomic E-state index is 0.0396. The highest BCUT2D eigenvalue weighted by Crippen LogP contribution is 2.27. The number of ether oxygens (including phenoxy) is 2. The van der Waals surface area contributed by atoms with Crippen LogP contribution in [0.1, 0.15) is 49.5 Å². The number of carbonyl (C=O) groups excluding carboxylic acids is 2. The van der Waals surface area contributed by atoms with Gasteiger partial charge in [-0.1, -0.05) is 45.9 Å². The van der Waals surface area contributed by atoms with E-state index in [0.717, 1.165) is 5.56 Å². The highest BCUT2D eigenvalue weighted by atomic mass is 79.9. The van der Waals surface area contributed by atoms with Crippen LogP contribution in [0.15, 0.2) is 46.9 Å². The van der Waals surface area contributed by atoms with Gasteiger partial charge in [0.05, 0.1) is 11.1 Å². The Balaban J connectivity index is 1.80. The zero-order valence-electron chi connectivity index (χ0n) is 18.5. The van der Waals surface area contributed by atoms with Crippen LogP contribution in [0.5, 0.6) is 11.5 Å². The number of halogens is 1. The van der Waals surface area contributed by atoms with Gasteiger partial charge in [0.2, 0.25) is 0 Å². The van der Waals surface area contributed by atoms with Crippen molar-refractivity contribution in [2.75, 3.05) is 13.2 Å². The Hall–Kier alpha value is -2.65. The molecule has 2 aromatic rings. The minimum Gasteiger partial charge on any atom is -0.492 e. The molecule has 0 saturated heterocycles. The van der Waals surface area contributed by atoms with E-state index in [2.05, 4.69) is 59.8 Å². The average Bonchev–Trinajstić information content (AvgIpc) is 2.75. The normalized spacial score (nSPS) is 10.6. The van der Waals surface area contributed by atoms with Crippen molar-refractivity contribution in [3.8, 4) is 11.5 Å². The first-order valence-corrected chi connectivity index (χ1v) is 11.4. The number of carbonyl (C=O) groups is 2. The Morgan fingerprint density at radius 1 is 1.00 bits per heavy atom. The van der Waals surface area contributed by atoms with Crippen molar-refractivity contribution in [1.29, 1.82) is 0 Å². The Bertz CT molecular complexity index is 966. The summed E-state index contributed by atoms with van der Waals surface area (Å²) in [6.07, 6.45) is 0. The summed E-state index contributed by atoms with van der Waals surface area (Å²) in [5, 5.41) is 2.47. The maximum absolute atomic E-state index is 12.4. The molecular formula is C23H28BrN3O4S. The van der Waals surface area contributed by atoms with Crippen molar-refractivity contribution < 1.29 is 19.1 Å². The van der Waals surface area contributed by atoms with E-state index in [1.54, 1.807) is 18.2 Å². The number of amides is 2. The third-order valence-electron chi connectivity index (χ3n) is 4.21. The molecule has 0 heterocycles. The zero-order valence-corrected chi connectivity index (χ0v) is 20.9. The largest absolute Gasteiger partial charge is 0.492 e. The van der Waals surface area contributed by atoms with Crippen LogP contribution in [0.25, 0.3) is 0 Å². The van der Waals surface area contributed by atoms with Crippen LogP contribution < -0.4 is 25.6 Å². The predicted octanol–water partition coefficient (Wildman–Crippen LogP) is 4.32. The van der Waals surface area contributed by atoms with Gasteiger partial charge < -0.3 is 9.47 Å². The third kappa shape index (κ3) is 8.12. The summed E-state index contributed by atoms with van der Waals surface area (Å²) in [5.74, 6) is 1.11. The van der Waals surface area contributed by atoms with Crippen molar-refractivity contribution >= 4 is 45.1 Å². The quantitative estimate of drug-likeness (QED) is 0.354. The molecule has 9 heteroatoms. The molecule has 0 aliphatic carbocycles. The summed E-state index contributed by atoms with van der Waals surface area (Å²) in [7, 11) is 0. The molecule has 0 fully saturated rings. The molecule has 0 atom stereocenters. The van der Waals surface area contributed by atoms with Crippen molar-refractivity contribution in [3.63, 3.8) is 0 Å². The highest BCUT2D eigenvalue weighted by molar-refractivity contribution is 9.10. The van der Waals surface area contributed by atoms with Crippen LogP contribution >= 0.6 is 28.1 Å². The molecule has 3 N–H and O–H groups in total. The van der Waals surface area contributed by atoms with E-state index < -0.39 is 11.8 Å². The van der Waals surface area contributed by atoms with E-state index in [1.807, 2.05) is 24.3 Å². The Kier molecular flexibility index (Phi) is 9.93. The number of thiocarbonyl (C=S) groups is 1. The second kappa shape index (κ2) is 12.4. The van der Waals surface area contributed by atoms with E-state index in [1.165, 1.54) is 0 Å². The van der Waals surface area contributed by atoms with Gasteiger partial charge in [-0.2, -0.15) is 0 Å². The summed E-state index contributed by atoms with van der Waals surface area (Å²) in [5.41, 5.74) is 6.31. The number of benzene rings is 2. The number of nitrogens with one attached hydrogen (secondary N) is 3. The van der Waals surface area contributed by atoms with Gasteiger partial charge >= 0.3 is 0 Å². The van der Waals surface area contributed by atoms with Crippen molar-refractivity contribution in [1.82, 2.24) is 16.2 Å². The van der Waals surface area contributed by atoms with Gasteiger partial charge in [-0.3, -0.25) is 25.8 Å². The van der Waals surface area contributed by atoms with Crippen LogP contribution in [-0.4, -0.2) is 30.1 Å². The molecule has 2 rings (SSSR count). The summed E-state index contributed by atoms with van der Waals surface area (Å²) in [4.78, 5) is 24.5. The Morgan fingerprint density at radius 3 is 2.38 bits per heavy atom. The first-order chi connectivity index (χ1) is 15.2. The molecule has 0 radical (unpaired) electrons. The maximum Gasteiger partial charge on any atom is 0.276 e. The van der Waals surface area contributed by atoms with E-state index in [0.29, 0.717) is 34.1 Å². The van der Waals surface area contributed by atoms with Crippen molar-refractivity contribution in [2.24, 2.45) is 5.92 Å². The lowest BCUT2D eigenvalue weighted by Crippen LogP contribution is -2.49. The third-order valence-corrected chi connectivity index (χ3v) is 5.03. The van der Waals surface area contributed by atoms with E-state index in [4.69, 9.17) is 21.7 Å². The lowest BCUT2D eigenvalue weighted by Gasteiger charge is -2.15. The standard InChI is InChI=1S/C23H28BrN3O4S/c1-14(2)12-30-20-10-9-16(11-18(20)24)22(29)25-23(32)27-26-21(28)13-31-19-8-6-5-7-17(19)15(3)4/h5-11,14-15H,12-13H2,1-4H3,(H,26,28)(H2,25,27,29,32). The number of hydrogen-bond acceptors (Lipinski definition) is 5. The fraction of sp³-hybridized carbons (Fsp3) is 0.348. The average molecular weight is 522 g/mol. The first kappa shape index (κ1) is 25.6. The lowest BCUT2D eigenvalue weighted by molar-refractivity contribution is -0.123. The first-order valence-electron chi connectivity index (χ1n) is 10.2. The van der Waals surface area contributed by atoms with Crippen molar-refractivity contribution in [3.05, 3.63) is 58.1 Å². The van der Waals surface area contributed by atoms with Crippen LogP contribution in [0.4, 0.5) is 0 Å². The highest BCUT2D eigenvalue weighted by Gasteiger charge is 2.13. The van der Waals surface area contributed by atoms with Gasteiger partial charge in [0, 0.05) is 5.56 Å². The number of para-hydroxylation sites is 1. The lowest BCUT2D eigenvalue weighted by atomic mass is 10.0. The van der Waals surface area contributed by atoms with Gasteiger partial charge in [-0.15, -0.1) is 0 Å². The molecular weight excluding hydrogens is 494 g/mol. The van der Waals surface area contributed by atoms with E-state index >= 15 is 0 Å². The molecule has 0 bridgehead atoms. The molecule has 0 unspecified atom stereocenters. The molecule has 0 saturated carbocycles. The summed E-state index contributed by atoms with van der Waals surface area (Å²) in [6.45, 7) is 8.59. The molecule has 32 heavy (non-hydrogen) atoms. The zero-order chi connectivity index (χ0) is 23.7. The Morgan fingerprint density at radius 2 is 1.72 bits per heavy atom. The molecule has 0 aliphatic rings. The molecule has 2 amide bonds. The number of hydrogen-bond donors (Lipinski definition) is 3. The van der Waals surface area contributed by atoms with Crippen molar-refractivity contribution in [2.45, 2.75) is 33.6 Å². The van der Waals surface area contributed by atoms with Gasteiger partial charge in [0.1, 0.15) is 11.5 Å². The van der Waals surface area contributed by atoms with Gasteiger partial charge in [0.25, 0.3) is 11.8 Å². The van der Waals surface area contributed by atoms with E-state index in [-0.39, 0.29) is 17.6 Å².